The fourth-order valence-electron chi connectivity index (χ4n) is 1.95. The number of nitrogens with one attached hydrogen (secondary N) is 1. The largest absolute Gasteiger partial charge is 0.417 e. The van der Waals surface area contributed by atoms with E-state index in [0.717, 1.165) is 0 Å². The summed E-state index contributed by atoms with van der Waals surface area (Å²) in [5, 5.41) is 1.32. The van der Waals surface area contributed by atoms with Crippen molar-refractivity contribution >= 4 is 23.4 Å². The molecule has 128 valence electrons. The number of amides is 2. The number of rotatable bonds is 3. The van der Waals surface area contributed by atoms with Gasteiger partial charge in [0, 0.05) is 19.4 Å². The van der Waals surface area contributed by atoms with Gasteiger partial charge in [-0.1, -0.05) is 11.6 Å². The van der Waals surface area contributed by atoms with E-state index in [-0.39, 0.29) is 5.69 Å². The quantitative estimate of drug-likeness (QED) is 0.906. The summed E-state index contributed by atoms with van der Waals surface area (Å²) in [6.07, 6.45) is -2.67. The monoisotopic (exact) mass is 361 g/mol. The Kier molecular flexibility index (Phi) is 4.83. The maximum atomic E-state index is 12.7. The molecule has 0 saturated heterocycles. The SMILES string of the molecule is Cn1cccc1C(=O)NC(=O)Cn1cc(C(F)(F)F)cc(Cl)c1=O. The first-order valence-electron chi connectivity index (χ1n) is 6.52. The first-order chi connectivity index (χ1) is 11.1. The van der Waals surface area contributed by atoms with E-state index in [1.54, 1.807) is 19.3 Å². The molecule has 2 aromatic heterocycles. The number of pyridine rings is 1. The van der Waals surface area contributed by atoms with Crippen molar-refractivity contribution in [1.29, 1.82) is 0 Å². The molecule has 0 aliphatic heterocycles. The van der Waals surface area contributed by atoms with Gasteiger partial charge in [-0.05, 0) is 18.2 Å². The van der Waals surface area contributed by atoms with Gasteiger partial charge >= 0.3 is 6.18 Å². The Morgan fingerprint density at radius 3 is 2.54 bits per heavy atom. The summed E-state index contributed by atoms with van der Waals surface area (Å²) in [4.78, 5) is 35.4. The predicted octanol–water partition coefficient (Wildman–Crippen LogP) is 1.82. The molecule has 2 heterocycles. The van der Waals surface area contributed by atoms with Crippen LogP contribution in [0.1, 0.15) is 16.1 Å². The Morgan fingerprint density at radius 2 is 2.00 bits per heavy atom. The number of carbonyl (C=O) groups is 2. The van der Waals surface area contributed by atoms with Crippen molar-refractivity contribution in [2.24, 2.45) is 7.05 Å². The highest BCUT2D eigenvalue weighted by molar-refractivity contribution is 6.30. The first kappa shape index (κ1) is 17.8. The highest BCUT2D eigenvalue weighted by Gasteiger charge is 2.32. The molecule has 0 aliphatic rings. The topological polar surface area (TPSA) is 73.1 Å². The number of alkyl halides is 3. The maximum Gasteiger partial charge on any atom is 0.417 e. The van der Waals surface area contributed by atoms with Crippen LogP contribution in [0.25, 0.3) is 0 Å². The van der Waals surface area contributed by atoms with Crippen LogP contribution in [-0.2, 0) is 24.6 Å². The van der Waals surface area contributed by atoms with E-state index >= 15 is 0 Å². The van der Waals surface area contributed by atoms with Crippen LogP contribution in [0.5, 0.6) is 0 Å². The minimum atomic E-state index is -4.73. The van der Waals surface area contributed by atoms with Crippen molar-refractivity contribution in [2.75, 3.05) is 0 Å². The average Bonchev–Trinajstić information content (AvgIpc) is 2.88. The van der Waals surface area contributed by atoms with Crippen molar-refractivity contribution in [3.05, 3.63) is 57.2 Å². The lowest BCUT2D eigenvalue weighted by atomic mass is 10.2. The molecule has 2 amide bonds. The van der Waals surface area contributed by atoms with Gasteiger partial charge < -0.3 is 9.13 Å². The molecule has 1 N–H and O–H groups in total. The number of aromatic nitrogens is 2. The number of nitrogens with zero attached hydrogens (tertiary/aromatic N) is 2. The van der Waals surface area contributed by atoms with Gasteiger partial charge in [0.25, 0.3) is 11.5 Å². The zero-order valence-electron chi connectivity index (χ0n) is 12.2. The van der Waals surface area contributed by atoms with Crippen LogP contribution in [-0.4, -0.2) is 20.9 Å². The fourth-order valence-corrected chi connectivity index (χ4v) is 2.18. The van der Waals surface area contributed by atoms with E-state index < -0.39 is 40.7 Å². The van der Waals surface area contributed by atoms with Crippen molar-refractivity contribution < 1.29 is 22.8 Å². The van der Waals surface area contributed by atoms with E-state index in [1.165, 1.54) is 10.6 Å². The van der Waals surface area contributed by atoms with E-state index in [2.05, 4.69) is 0 Å². The highest BCUT2D eigenvalue weighted by atomic mass is 35.5. The van der Waals surface area contributed by atoms with Gasteiger partial charge in [-0.25, -0.2) is 0 Å². The molecule has 0 bridgehead atoms. The second-order valence-electron chi connectivity index (χ2n) is 4.89. The second kappa shape index (κ2) is 6.52. The third-order valence-electron chi connectivity index (χ3n) is 3.11. The molecule has 0 atom stereocenters. The number of aryl methyl sites for hydroxylation is 1. The van der Waals surface area contributed by atoms with Gasteiger partial charge in [0.05, 0.1) is 5.56 Å². The number of hydrogen-bond donors (Lipinski definition) is 1. The van der Waals surface area contributed by atoms with Gasteiger partial charge in [0.1, 0.15) is 17.3 Å². The van der Waals surface area contributed by atoms with Crippen LogP contribution in [0.4, 0.5) is 13.2 Å². The summed E-state index contributed by atoms with van der Waals surface area (Å²) in [5.41, 5.74) is -1.96. The van der Waals surface area contributed by atoms with Gasteiger partial charge in [-0.3, -0.25) is 19.7 Å². The Labute approximate surface area is 138 Å². The zero-order valence-corrected chi connectivity index (χ0v) is 13.0. The lowest BCUT2D eigenvalue weighted by Crippen LogP contribution is -2.37. The third kappa shape index (κ3) is 3.85. The van der Waals surface area contributed by atoms with Crippen LogP contribution < -0.4 is 10.9 Å². The molecule has 0 radical (unpaired) electrons. The summed E-state index contributed by atoms with van der Waals surface area (Å²) >= 11 is 5.48. The molecule has 0 aromatic carbocycles. The van der Waals surface area contributed by atoms with Crippen LogP contribution in [0, 0.1) is 0 Å². The number of hydrogen-bond acceptors (Lipinski definition) is 3. The minimum absolute atomic E-state index is 0.178. The van der Waals surface area contributed by atoms with Crippen molar-refractivity contribution in [3.8, 4) is 0 Å². The molecule has 6 nitrogen and oxygen atoms in total. The summed E-state index contributed by atoms with van der Waals surface area (Å²) in [6, 6.07) is 3.51. The summed E-state index contributed by atoms with van der Waals surface area (Å²) in [6.45, 7) is -0.779. The third-order valence-corrected chi connectivity index (χ3v) is 3.38. The van der Waals surface area contributed by atoms with Crippen LogP contribution in [0.15, 0.2) is 35.4 Å². The molecule has 2 aromatic rings. The zero-order chi connectivity index (χ0) is 18.1. The molecule has 0 spiro atoms. The van der Waals surface area contributed by atoms with E-state index in [4.69, 9.17) is 11.6 Å². The van der Waals surface area contributed by atoms with Crippen LogP contribution in [0.2, 0.25) is 5.02 Å². The average molecular weight is 362 g/mol. The smallest absolute Gasteiger partial charge is 0.347 e. The standard InChI is InChI=1S/C14H11ClF3N3O3/c1-20-4-2-3-10(20)12(23)19-11(22)7-21-6-8(14(16,17)18)5-9(15)13(21)24/h2-6H,7H2,1H3,(H,19,22,23). The van der Waals surface area contributed by atoms with Crippen molar-refractivity contribution in [2.45, 2.75) is 12.7 Å². The molecule has 2 rings (SSSR count). The molecular formula is C14H11ClF3N3O3. The Bertz CT molecular complexity index is 855. The molecule has 0 unspecified atom stereocenters. The molecule has 10 heteroatoms. The van der Waals surface area contributed by atoms with Crippen molar-refractivity contribution in [1.82, 2.24) is 14.5 Å². The summed E-state index contributed by atoms with van der Waals surface area (Å²) in [5.74, 6) is -1.68. The Balaban J connectivity index is 2.20. The molecule has 0 fully saturated rings. The molecule has 24 heavy (non-hydrogen) atoms. The van der Waals surface area contributed by atoms with E-state index in [1.807, 2.05) is 5.32 Å². The number of carbonyl (C=O) groups excluding carboxylic acids is 2. The van der Waals surface area contributed by atoms with Crippen LogP contribution >= 0.6 is 11.6 Å². The normalized spacial score (nSPS) is 11.4. The molecule has 0 saturated carbocycles. The van der Waals surface area contributed by atoms with Gasteiger partial charge in [0.2, 0.25) is 5.91 Å². The van der Waals surface area contributed by atoms with Gasteiger partial charge in [0.15, 0.2) is 0 Å². The summed E-state index contributed by atoms with van der Waals surface area (Å²) in [7, 11) is 1.58. The van der Waals surface area contributed by atoms with Gasteiger partial charge in [-0.15, -0.1) is 0 Å². The Morgan fingerprint density at radius 1 is 1.33 bits per heavy atom. The molecular weight excluding hydrogens is 351 g/mol. The highest BCUT2D eigenvalue weighted by Crippen LogP contribution is 2.29. The van der Waals surface area contributed by atoms with Crippen LogP contribution in [0.3, 0.4) is 0 Å². The van der Waals surface area contributed by atoms with E-state index in [0.29, 0.717) is 16.8 Å². The fraction of sp³-hybridized carbons (Fsp3) is 0.214. The summed E-state index contributed by atoms with van der Waals surface area (Å²) < 4.78 is 40.1. The van der Waals surface area contributed by atoms with E-state index in [9.17, 15) is 27.6 Å². The van der Waals surface area contributed by atoms with Gasteiger partial charge in [-0.2, -0.15) is 13.2 Å². The number of halogens is 4. The first-order valence-corrected chi connectivity index (χ1v) is 6.90. The minimum Gasteiger partial charge on any atom is -0.347 e. The lowest BCUT2D eigenvalue weighted by molar-refractivity contribution is -0.138. The van der Waals surface area contributed by atoms with Crippen molar-refractivity contribution in [3.63, 3.8) is 0 Å². The molecule has 0 aliphatic carbocycles. The maximum absolute atomic E-state index is 12.7. The lowest BCUT2D eigenvalue weighted by Gasteiger charge is -2.11. The second-order valence-corrected chi connectivity index (χ2v) is 5.30. The number of imide groups is 1. The predicted molar refractivity (Wildman–Crippen MR) is 78.6 cm³/mol. The Hall–Kier alpha value is -2.55.